The molecular formula is C10H14ClN3O. The zero-order valence-corrected chi connectivity index (χ0v) is 9.42. The summed E-state index contributed by atoms with van der Waals surface area (Å²) in [5.41, 5.74) is 0. The third kappa shape index (κ3) is 2.33. The van der Waals surface area contributed by atoms with Gasteiger partial charge in [-0.25, -0.2) is 4.98 Å². The molecule has 1 aromatic rings. The number of ether oxygens (including phenoxy) is 1. The van der Waals surface area contributed by atoms with Gasteiger partial charge in [0.2, 0.25) is 0 Å². The van der Waals surface area contributed by atoms with E-state index in [1.54, 1.807) is 13.2 Å². The second-order valence-electron chi connectivity index (χ2n) is 3.40. The standard InChI is InChI=1S/C10H14ClN3O/c1-15-8-2-3-9(11)13-10(8)14-6-4-12-5-7-14/h2-3,12H,4-7H2,1H3. The monoisotopic (exact) mass is 227 g/mol. The van der Waals surface area contributed by atoms with Crippen LogP contribution in [0.15, 0.2) is 12.1 Å². The van der Waals surface area contributed by atoms with Gasteiger partial charge >= 0.3 is 0 Å². The van der Waals surface area contributed by atoms with Gasteiger partial charge in [-0.2, -0.15) is 0 Å². The van der Waals surface area contributed by atoms with Gasteiger partial charge in [-0.05, 0) is 12.1 Å². The van der Waals surface area contributed by atoms with Gasteiger partial charge in [-0.3, -0.25) is 0 Å². The van der Waals surface area contributed by atoms with Gasteiger partial charge in [0.15, 0.2) is 11.6 Å². The Labute approximate surface area is 94.2 Å². The first-order valence-corrected chi connectivity index (χ1v) is 5.35. The Balaban J connectivity index is 2.27. The molecule has 2 rings (SSSR count). The molecule has 0 unspecified atom stereocenters. The van der Waals surface area contributed by atoms with Crippen LogP contribution >= 0.6 is 11.6 Å². The van der Waals surface area contributed by atoms with Crippen LogP contribution in [0, 0.1) is 0 Å². The fourth-order valence-electron chi connectivity index (χ4n) is 1.68. The Kier molecular flexibility index (Phi) is 3.28. The van der Waals surface area contributed by atoms with Crippen LogP contribution in [0.2, 0.25) is 5.15 Å². The molecule has 1 aliphatic rings. The second kappa shape index (κ2) is 4.68. The van der Waals surface area contributed by atoms with E-state index in [1.165, 1.54) is 0 Å². The number of halogens is 1. The van der Waals surface area contributed by atoms with E-state index in [2.05, 4.69) is 15.2 Å². The largest absolute Gasteiger partial charge is 0.493 e. The van der Waals surface area contributed by atoms with Crippen molar-refractivity contribution in [2.75, 3.05) is 38.2 Å². The predicted molar refractivity (Wildman–Crippen MR) is 60.9 cm³/mol. The summed E-state index contributed by atoms with van der Waals surface area (Å²) in [6.07, 6.45) is 0. The van der Waals surface area contributed by atoms with E-state index < -0.39 is 0 Å². The number of hydrogen-bond donors (Lipinski definition) is 1. The Morgan fingerprint density at radius 2 is 2.13 bits per heavy atom. The molecule has 0 spiro atoms. The molecule has 2 heterocycles. The lowest BCUT2D eigenvalue weighted by Crippen LogP contribution is -2.44. The van der Waals surface area contributed by atoms with E-state index in [1.807, 2.05) is 6.07 Å². The van der Waals surface area contributed by atoms with Gasteiger partial charge < -0.3 is 15.0 Å². The molecule has 1 fully saturated rings. The lowest BCUT2D eigenvalue weighted by Gasteiger charge is -2.29. The Hall–Kier alpha value is -1.00. The molecule has 4 nitrogen and oxygen atoms in total. The van der Waals surface area contributed by atoms with Crippen molar-refractivity contribution in [1.29, 1.82) is 0 Å². The lowest BCUT2D eigenvalue weighted by atomic mass is 10.3. The van der Waals surface area contributed by atoms with Crippen molar-refractivity contribution in [3.05, 3.63) is 17.3 Å². The van der Waals surface area contributed by atoms with Crippen molar-refractivity contribution in [3.63, 3.8) is 0 Å². The summed E-state index contributed by atoms with van der Waals surface area (Å²) in [6, 6.07) is 3.60. The fourth-order valence-corrected chi connectivity index (χ4v) is 1.82. The van der Waals surface area contributed by atoms with E-state index in [9.17, 15) is 0 Å². The van der Waals surface area contributed by atoms with E-state index >= 15 is 0 Å². The maximum absolute atomic E-state index is 5.88. The number of rotatable bonds is 2. The molecule has 0 aliphatic carbocycles. The average molecular weight is 228 g/mol. The fraction of sp³-hybridized carbons (Fsp3) is 0.500. The van der Waals surface area contributed by atoms with E-state index in [4.69, 9.17) is 16.3 Å². The van der Waals surface area contributed by atoms with Crippen LogP contribution in [0.5, 0.6) is 5.75 Å². The average Bonchev–Trinajstić information content (AvgIpc) is 2.30. The van der Waals surface area contributed by atoms with Crippen molar-refractivity contribution in [2.45, 2.75) is 0 Å². The summed E-state index contributed by atoms with van der Waals surface area (Å²) in [7, 11) is 1.65. The van der Waals surface area contributed by atoms with E-state index in [-0.39, 0.29) is 0 Å². The van der Waals surface area contributed by atoms with Gasteiger partial charge in [0, 0.05) is 26.2 Å². The molecule has 0 bridgehead atoms. The third-order valence-electron chi connectivity index (χ3n) is 2.44. The highest BCUT2D eigenvalue weighted by Gasteiger charge is 2.16. The smallest absolute Gasteiger partial charge is 0.172 e. The number of nitrogens with zero attached hydrogens (tertiary/aromatic N) is 2. The second-order valence-corrected chi connectivity index (χ2v) is 3.78. The molecule has 0 radical (unpaired) electrons. The molecule has 1 aromatic heterocycles. The SMILES string of the molecule is COc1ccc(Cl)nc1N1CCNCC1. The van der Waals surface area contributed by atoms with E-state index in [0.717, 1.165) is 37.7 Å². The number of anilines is 1. The third-order valence-corrected chi connectivity index (χ3v) is 2.65. The number of aromatic nitrogens is 1. The Morgan fingerprint density at radius 1 is 1.40 bits per heavy atom. The van der Waals surface area contributed by atoms with Crippen molar-refractivity contribution in [2.24, 2.45) is 0 Å². The van der Waals surface area contributed by atoms with Crippen LogP contribution in [0.3, 0.4) is 0 Å². The zero-order valence-electron chi connectivity index (χ0n) is 8.66. The zero-order chi connectivity index (χ0) is 10.7. The van der Waals surface area contributed by atoms with Crippen LogP contribution < -0.4 is 15.0 Å². The van der Waals surface area contributed by atoms with Crippen LogP contribution in [-0.4, -0.2) is 38.3 Å². The van der Waals surface area contributed by atoms with Gasteiger partial charge in [0.1, 0.15) is 5.15 Å². The molecule has 82 valence electrons. The molecule has 0 saturated carbocycles. The number of methoxy groups -OCH3 is 1. The minimum absolute atomic E-state index is 0.504. The molecule has 15 heavy (non-hydrogen) atoms. The lowest BCUT2D eigenvalue weighted by molar-refractivity contribution is 0.411. The first kappa shape index (κ1) is 10.5. The van der Waals surface area contributed by atoms with Crippen molar-refractivity contribution in [1.82, 2.24) is 10.3 Å². The topological polar surface area (TPSA) is 37.4 Å². The van der Waals surface area contributed by atoms with Gasteiger partial charge in [-0.1, -0.05) is 11.6 Å². The molecular weight excluding hydrogens is 214 g/mol. The van der Waals surface area contributed by atoms with Gasteiger partial charge in [0.25, 0.3) is 0 Å². The predicted octanol–water partition coefficient (Wildman–Crippen LogP) is 1.15. The number of nitrogens with one attached hydrogen (secondary N) is 1. The van der Waals surface area contributed by atoms with Crippen molar-refractivity contribution in [3.8, 4) is 5.75 Å². The summed E-state index contributed by atoms with van der Waals surface area (Å²) >= 11 is 5.88. The van der Waals surface area contributed by atoms with Crippen molar-refractivity contribution >= 4 is 17.4 Å². The van der Waals surface area contributed by atoms with Gasteiger partial charge in [-0.15, -0.1) is 0 Å². The highest BCUT2D eigenvalue weighted by Crippen LogP contribution is 2.27. The normalized spacial score (nSPS) is 16.5. The summed E-state index contributed by atoms with van der Waals surface area (Å²) in [4.78, 5) is 6.49. The molecule has 0 atom stereocenters. The summed E-state index contributed by atoms with van der Waals surface area (Å²) < 4.78 is 5.27. The van der Waals surface area contributed by atoms with Gasteiger partial charge in [0.05, 0.1) is 7.11 Å². The minimum atomic E-state index is 0.504. The first-order chi connectivity index (χ1) is 7.31. The summed E-state index contributed by atoms with van der Waals surface area (Å²) in [6.45, 7) is 3.81. The number of pyridine rings is 1. The molecule has 0 aromatic carbocycles. The first-order valence-electron chi connectivity index (χ1n) is 4.97. The van der Waals surface area contributed by atoms with Crippen LogP contribution in [-0.2, 0) is 0 Å². The van der Waals surface area contributed by atoms with Crippen molar-refractivity contribution < 1.29 is 4.74 Å². The Morgan fingerprint density at radius 3 is 2.80 bits per heavy atom. The summed E-state index contributed by atoms with van der Waals surface area (Å²) in [5.74, 6) is 1.62. The molecule has 1 saturated heterocycles. The number of hydrogen-bond acceptors (Lipinski definition) is 4. The maximum atomic E-state index is 5.88. The van der Waals surface area contributed by atoms with Crippen LogP contribution in [0.25, 0.3) is 0 Å². The minimum Gasteiger partial charge on any atom is -0.493 e. The quantitative estimate of drug-likeness (QED) is 0.770. The molecule has 1 N–H and O–H groups in total. The molecule has 5 heteroatoms. The highest BCUT2D eigenvalue weighted by molar-refractivity contribution is 6.29. The molecule has 0 amide bonds. The number of piperazine rings is 1. The summed E-state index contributed by atoms with van der Waals surface area (Å²) in [5, 5.41) is 3.80. The highest BCUT2D eigenvalue weighted by atomic mass is 35.5. The molecule has 1 aliphatic heterocycles. The van der Waals surface area contributed by atoms with Crippen LogP contribution in [0.1, 0.15) is 0 Å². The maximum Gasteiger partial charge on any atom is 0.172 e. The van der Waals surface area contributed by atoms with E-state index in [0.29, 0.717) is 5.15 Å². The Bertz CT molecular complexity index is 339. The van der Waals surface area contributed by atoms with Crippen LogP contribution in [0.4, 0.5) is 5.82 Å².